The van der Waals surface area contributed by atoms with Crippen molar-refractivity contribution in [3.8, 4) is 11.5 Å². The molecule has 3 aromatic rings. The second kappa shape index (κ2) is 8.38. The van der Waals surface area contributed by atoms with Crippen molar-refractivity contribution in [1.29, 1.82) is 0 Å². The fourth-order valence-electron chi connectivity index (χ4n) is 2.76. The van der Waals surface area contributed by atoms with Crippen LogP contribution in [0.3, 0.4) is 0 Å². The van der Waals surface area contributed by atoms with E-state index in [9.17, 15) is 18.0 Å². The molecule has 0 amide bonds. The molecule has 0 spiro atoms. The van der Waals surface area contributed by atoms with Crippen molar-refractivity contribution in [2.45, 2.75) is 6.18 Å². The van der Waals surface area contributed by atoms with Crippen molar-refractivity contribution in [3.63, 3.8) is 0 Å². The summed E-state index contributed by atoms with van der Waals surface area (Å²) in [5, 5.41) is 0. The highest BCUT2D eigenvalue weighted by Gasteiger charge is 2.31. The SMILES string of the molecule is COC(=O)c1ccc(-c2nc3cc(C(F)(F)F)ccc3n2/C(N)=C/C=C(\N)OC)nc1. The standard InChI is InChI=1S/C20H18F3N5O3/c1-30-17(25)8-7-16(24)28-15-6-4-12(20(21,22)23)9-14(15)27-18(28)13-5-3-11(10-26-13)19(29)31-2/h3-10H,24-25H2,1-2H3/b16-7+,17-8+. The molecule has 3 rings (SSSR count). The lowest BCUT2D eigenvalue weighted by atomic mass is 10.2. The number of nitrogens with two attached hydrogens (primary N) is 2. The number of carbonyl (C=O) groups excluding carboxylic acids is 1. The number of alkyl halides is 3. The number of methoxy groups -OCH3 is 2. The lowest BCUT2D eigenvalue weighted by molar-refractivity contribution is -0.137. The van der Waals surface area contributed by atoms with Crippen LogP contribution in [-0.2, 0) is 15.7 Å². The van der Waals surface area contributed by atoms with E-state index in [0.717, 1.165) is 12.1 Å². The third kappa shape index (κ3) is 4.44. The number of benzene rings is 1. The molecule has 0 unspecified atom stereocenters. The van der Waals surface area contributed by atoms with Crippen LogP contribution >= 0.6 is 0 Å². The van der Waals surface area contributed by atoms with Crippen LogP contribution in [0.25, 0.3) is 28.4 Å². The van der Waals surface area contributed by atoms with Crippen LogP contribution in [0.4, 0.5) is 13.2 Å². The number of carbonyl (C=O) groups is 1. The largest absolute Gasteiger partial charge is 0.483 e. The van der Waals surface area contributed by atoms with Crippen molar-refractivity contribution in [3.05, 3.63) is 65.7 Å². The molecule has 2 heterocycles. The zero-order valence-electron chi connectivity index (χ0n) is 16.5. The first-order valence-electron chi connectivity index (χ1n) is 8.77. The van der Waals surface area contributed by atoms with Gasteiger partial charge in [-0.1, -0.05) is 0 Å². The van der Waals surface area contributed by atoms with E-state index in [2.05, 4.69) is 14.7 Å². The van der Waals surface area contributed by atoms with Gasteiger partial charge in [-0.15, -0.1) is 0 Å². The number of ether oxygens (including phenoxy) is 2. The Kier molecular flexibility index (Phi) is 5.86. The molecular weight excluding hydrogens is 415 g/mol. The maximum Gasteiger partial charge on any atom is 0.416 e. The summed E-state index contributed by atoms with van der Waals surface area (Å²) in [5.41, 5.74) is 11.8. The van der Waals surface area contributed by atoms with Crippen LogP contribution in [0.5, 0.6) is 0 Å². The molecule has 0 aliphatic rings. The van der Waals surface area contributed by atoms with Gasteiger partial charge >= 0.3 is 12.1 Å². The molecule has 11 heteroatoms. The van der Waals surface area contributed by atoms with E-state index in [1.165, 1.54) is 55.3 Å². The van der Waals surface area contributed by atoms with E-state index in [1.807, 2.05) is 0 Å². The molecule has 0 fully saturated rings. The number of imidazole rings is 1. The van der Waals surface area contributed by atoms with Crippen LogP contribution in [0.2, 0.25) is 0 Å². The second-order valence-electron chi connectivity index (χ2n) is 6.26. The molecule has 0 atom stereocenters. The molecule has 31 heavy (non-hydrogen) atoms. The Hall–Kier alpha value is -4.02. The van der Waals surface area contributed by atoms with Gasteiger partial charge in [0.15, 0.2) is 11.7 Å². The Bertz CT molecular complexity index is 1180. The second-order valence-corrected chi connectivity index (χ2v) is 6.26. The Labute approximate surface area is 174 Å². The Morgan fingerprint density at radius 1 is 1.10 bits per heavy atom. The molecule has 0 saturated heterocycles. The van der Waals surface area contributed by atoms with Gasteiger partial charge in [-0.2, -0.15) is 13.2 Å². The number of hydrogen-bond acceptors (Lipinski definition) is 7. The topological polar surface area (TPSA) is 118 Å². The third-order valence-electron chi connectivity index (χ3n) is 4.31. The van der Waals surface area contributed by atoms with Crippen molar-refractivity contribution in [2.24, 2.45) is 11.5 Å². The van der Waals surface area contributed by atoms with Gasteiger partial charge in [0.2, 0.25) is 0 Å². The number of aromatic nitrogens is 3. The minimum atomic E-state index is -4.53. The number of allylic oxidation sites excluding steroid dienone is 2. The van der Waals surface area contributed by atoms with Gasteiger partial charge in [0.05, 0.1) is 36.4 Å². The normalized spacial score (nSPS) is 12.8. The van der Waals surface area contributed by atoms with E-state index >= 15 is 0 Å². The summed E-state index contributed by atoms with van der Waals surface area (Å²) >= 11 is 0. The van der Waals surface area contributed by atoms with Crippen LogP contribution in [0.1, 0.15) is 15.9 Å². The average molecular weight is 433 g/mol. The van der Waals surface area contributed by atoms with Crippen molar-refractivity contribution < 1.29 is 27.4 Å². The van der Waals surface area contributed by atoms with Crippen LogP contribution in [0.15, 0.2) is 54.6 Å². The summed E-state index contributed by atoms with van der Waals surface area (Å²) in [7, 11) is 2.61. The highest BCUT2D eigenvalue weighted by atomic mass is 19.4. The predicted molar refractivity (Wildman–Crippen MR) is 107 cm³/mol. The molecule has 1 aromatic carbocycles. The van der Waals surface area contributed by atoms with Crippen molar-refractivity contribution in [1.82, 2.24) is 14.5 Å². The van der Waals surface area contributed by atoms with Gasteiger partial charge in [0.25, 0.3) is 0 Å². The monoisotopic (exact) mass is 433 g/mol. The number of fused-ring (bicyclic) bond motifs is 1. The van der Waals surface area contributed by atoms with Gasteiger partial charge in [0, 0.05) is 12.3 Å². The number of nitrogens with zero attached hydrogens (tertiary/aromatic N) is 3. The smallest absolute Gasteiger partial charge is 0.416 e. The fourth-order valence-corrected chi connectivity index (χ4v) is 2.76. The fraction of sp³-hybridized carbons (Fsp3) is 0.150. The molecule has 4 N–H and O–H groups in total. The van der Waals surface area contributed by atoms with E-state index in [-0.39, 0.29) is 34.3 Å². The lowest BCUT2D eigenvalue weighted by Crippen LogP contribution is -2.09. The molecule has 162 valence electrons. The molecule has 0 bridgehead atoms. The van der Waals surface area contributed by atoms with Gasteiger partial charge in [0.1, 0.15) is 11.5 Å². The zero-order valence-corrected chi connectivity index (χ0v) is 16.5. The number of hydrogen-bond donors (Lipinski definition) is 2. The predicted octanol–water partition coefficient (Wildman–Crippen LogP) is 3.11. The third-order valence-corrected chi connectivity index (χ3v) is 4.31. The van der Waals surface area contributed by atoms with Gasteiger partial charge in [-0.05, 0) is 36.4 Å². The van der Waals surface area contributed by atoms with Crippen molar-refractivity contribution in [2.75, 3.05) is 14.2 Å². The summed E-state index contributed by atoms with van der Waals surface area (Å²) in [6.45, 7) is 0. The van der Waals surface area contributed by atoms with Gasteiger partial charge in [-0.3, -0.25) is 9.55 Å². The van der Waals surface area contributed by atoms with Crippen LogP contribution in [-0.4, -0.2) is 34.7 Å². The van der Waals surface area contributed by atoms with Crippen LogP contribution in [0, 0.1) is 0 Å². The quantitative estimate of drug-likeness (QED) is 0.361. The summed E-state index contributed by atoms with van der Waals surface area (Å²) in [6, 6.07) is 6.07. The van der Waals surface area contributed by atoms with E-state index < -0.39 is 17.7 Å². The number of pyridine rings is 1. The minimum Gasteiger partial charge on any atom is -0.483 e. The summed E-state index contributed by atoms with van der Waals surface area (Å²) in [5.74, 6) is -0.226. The van der Waals surface area contributed by atoms with Crippen molar-refractivity contribution >= 4 is 22.8 Å². The highest BCUT2D eigenvalue weighted by Crippen LogP contribution is 2.33. The average Bonchev–Trinajstić information content (AvgIpc) is 3.15. The lowest BCUT2D eigenvalue weighted by Gasteiger charge is -2.10. The maximum atomic E-state index is 13.1. The Morgan fingerprint density at radius 3 is 2.42 bits per heavy atom. The number of esters is 1. The first-order valence-corrected chi connectivity index (χ1v) is 8.77. The van der Waals surface area contributed by atoms with E-state index in [4.69, 9.17) is 16.2 Å². The number of halogens is 3. The molecule has 0 aliphatic carbocycles. The summed E-state index contributed by atoms with van der Waals surface area (Å²) in [4.78, 5) is 20.1. The first-order chi connectivity index (χ1) is 14.7. The molecule has 0 aliphatic heterocycles. The molecule has 2 aromatic heterocycles. The molecular formula is C20H18F3N5O3. The summed E-state index contributed by atoms with van der Waals surface area (Å²) < 4.78 is 50.3. The Morgan fingerprint density at radius 2 is 1.84 bits per heavy atom. The van der Waals surface area contributed by atoms with Gasteiger partial charge < -0.3 is 20.9 Å². The molecule has 0 radical (unpaired) electrons. The zero-order chi connectivity index (χ0) is 22.8. The highest BCUT2D eigenvalue weighted by molar-refractivity contribution is 5.89. The van der Waals surface area contributed by atoms with E-state index in [0.29, 0.717) is 5.52 Å². The molecule has 8 nitrogen and oxygen atoms in total. The van der Waals surface area contributed by atoms with E-state index in [1.54, 1.807) is 0 Å². The van der Waals surface area contributed by atoms with Crippen LogP contribution < -0.4 is 11.5 Å². The number of rotatable bonds is 5. The Balaban J connectivity index is 2.22. The maximum absolute atomic E-state index is 13.1. The van der Waals surface area contributed by atoms with Gasteiger partial charge in [-0.25, -0.2) is 9.78 Å². The summed E-state index contributed by atoms with van der Waals surface area (Å²) in [6.07, 6.45) is -0.447. The first kappa shape index (κ1) is 21.7. The molecule has 0 saturated carbocycles. The minimum absolute atomic E-state index is 0.0590.